The lowest BCUT2D eigenvalue weighted by atomic mass is 9.91. The molecule has 0 aliphatic carbocycles. The number of halogens is 1. The molecular weight excluding hydrogens is 378 g/mol. The molecule has 1 aliphatic heterocycles. The second-order valence-electron chi connectivity index (χ2n) is 7.93. The van der Waals surface area contributed by atoms with Crippen molar-refractivity contribution in [3.63, 3.8) is 0 Å². The molecular formula is C21H26ClN3O3. The van der Waals surface area contributed by atoms with E-state index in [2.05, 4.69) is 9.97 Å². The second-order valence-corrected chi connectivity index (χ2v) is 8.34. The molecule has 0 bridgehead atoms. The Morgan fingerprint density at radius 2 is 2.00 bits per heavy atom. The number of carbonyl (C=O) groups is 1. The molecule has 1 amide bonds. The summed E-state index contributed by atoms with van der Waals surface area (Å²) in [7, 11) is 0. The van der Waals surface area contributed by atoms with Gasteiger partial charge in [0.05, 0.1) is 40.8 Å². The lowest BCUT2D eigenvalue weighted by Gasteiger charge is -2.42. The van der Waals surface area contributed by atoms with Gasteiger partial charge < -0.3 is 9.84 Å². The highest BCUT2D eigenvalue weighted by Crippen LogP contribution is 2.43. The Kier molecular flexibility index (Phi) is 6.20. The number of carbonyl (C=O) groups excluding carboxylic acids is 1. The summed E-state index contributed by atoms with van der Waals surface area (Å²) < 4.78 is 5.72. The lowest BCUT2D eigenvalue weighted by Crippen LogP contribution is -2.44. The molecule has 1 saturated heterocycles. The predicted octanol–water partition coefficient (Wildman–Crippen LogP) is 4.83. The molecule has 28 heavy (non-hydrogen) atoms. The summed E-state index contributed by atoms with van der Waals surface area (Å²) in [5.74, 6) is 0. The Labute approximate surface area is 170 Å². The molecule has 3 rings (SSSR count). The molecule has 0 radical (unpaired) electrons. The Morgan fingerprint density at radius 1 is 1.25 bits per heavy atom. The zero-order valence-electron chi connectivity index (χ0n) is 16.4. The van der Waals surface area contributed by atoms with Crippen LogP contribution in [0.25, 0.3) is 0 Å². The van der Waals surface area contributed by atoms with Gasteiger partial charge in [0, 0.05) is 6.20 Å². The summed E-state index contributed by atoms with van der Waals surface area (Å²) in [6.07, 6.45) is 3.66. The fourth-order valence-electron chi connectivity index (χ4n) is 3.54. The van der Waals surface area contributed by atoms with Crippen molar-refractivity contribution in [1.82, 2.24) is 14.9 Å². The van der Waals surface area contributed by atoms with Crippen LogP contribution >= 0.6 is 11.6 Å². The molecule has 1 N–H and O–H groups in total. The predicted molar refractivity (Wildman–Crippen MR) is 107 cm³/mol. The van der Waals surface area contributed by atoms with E-state index in [9.17, 15) is 9.90 Å². The zero-order chi connectivity index (χ0) is 20.3. The summed E-state index contributed by atoms with van der Waals surface area (Å²) in [6, 6.07) is 8.46. The quantitative estimate of drug-likeness (QED) is 0.794. The number of nitrogens with zero attached hydrogens (tertiary/aromatic N) is 3. The van der Waals surface area contributed by atoms with E-state index >= 15 is 0 Å². The number of piperidine rings is 1. The van der Waals surface area contributed by atoms with Crippen molar-refractivity contribution < 1.29 is 14.6 Å². The fourth-order valence-corrected chi connectivity index (χ4v) is 3.79. The normalized spacial score (nSPS) is 20.1. The van der Waals surface area contributed by atoms with Crippen LogP contribution in [0.4, 0.5) is 4.79 Å². The molecule has 3 heterocycles. The van der Waals surface area contributed by atoms with Gasteiger partial charge in [0.25, 0.3) is 0 Å². The fraction of sp³-hybridized carbons (Fsp3) is 0.476. The van der Waals surface area contributed by atoms with E-state index in [4.69, 9.17) is 16.3 Å². The van der Waals surface area contributed by atoms with Crippen molar-refractivity contribution in [3.8, 4) is 0 Å². The molecule has 0 aromatic carbocycles. The Morgan fingerprint density at radius 3 is 2.68 bits per heavy atom. The van der Waals surface area contributed by atoms with E-state index in [0.29, 0.717) is 16.4 Å². The highest BCUT2D eigenvalue weighted by Gasteiger charge is 2.40. The summed E-state index contributed by atoms with van der Waals surface area (Å²) in [6.45, 7) is 5.38. The van der Waals surface area contributed by atoms with Gasteiger partial charge in [-0.05, 0) is 64.3 Å². The first-order chi connectivity index (χ1) is 13.3. The molecule has 2 unspecified atom stereocenters. The summed E-state index contributed by atoms with van der Waals surface area (Å²) in [5.41, 5.74) is 1.34. The van der Waals surface area contributed by atoms with Gasteiger partial charge >= 0.3 is 6.09 Å². The van der Waals surface area contributed by atoms with Crippen LogP contribution < -0.4 is 0 Å². The van der Waals surface area contributed by atoms with Crippen LogP contribution in [0.3, 0.4) is 0 Å². The summed E-state index contributed by atoms with van der Waals surface area (Å²) in [4.78, 5) is 23.9. The zero-order valence-corrected chi connectivity index (χ0v) is 17.2. The number of aromatic nitrogens is 2. The average Bonchev–Trinajstić information content (AvgIpc) is 2.66. The minimum atomic E-state index is -0.627. The van der Waals surface area contributed by atoms with Crippen molar-refractivity contribution in [3.05, 3.63) is 58.6 Å². The van der Waals surface area contributed by atoms with Crippen molar-refractivity contribution in [2.45, 2.75) is 64.3 Å². The van der Waals surface area contributed by atoms with E-state index in [-0.39, 0.29) is 18.7 Å². The number of aliphatic hydroxyl groups is 1. The Hall–Kier alpha value is -2.18. The van der Waals surface area contributed by atoms with Gasteiger partial charge in [-0.25, -0.2) is 4.79 Å². The molecule has 1 aliphatic rings. The van der Waals surface area contributed by atoms with Gasteiger partial charge in [0.2, 0.25) is 0 Å². The third-order valence-electron chi connectivity index (χ3n) is 4.67. The number of ether oxygens (including phenoxy) is 1. The van der Waals surface area contributed by atoms with E-state index in [1.807, 2.05) is 32.9 Å². The first-order valence-corrected chi connectivity index (χ1v) is 9.86. The van der Waals surface area contributed by atoms with Gasteiger partial charge in [-0.1, -0.05) is 17.7 Å². The van der Waals surface area contributed by atoms with Gasteiger partial charge in [-0.15, -0.1) is 0 Å². The minimum Gasteiger partial charge on any atom is -0.444 e. The molecule has 2 aromatic heterocycles. The van der Waals surface area contributed by atoms with E-state index in [1.165, 1.54) is 0 Å². The van der Waals surface area contributed by atoms with Crippen molar-refractivity contribution in [1.29, 1.82) is 0 Å². The number of amides is 1. The maximum atomic E-state index is 13.2. The lowest BCUT2D eigenvalue weighted by molar-refractivity contribution is -0.00796. The average molecular weight is 404 g/mol. The highest BCUT2D eigenvalue weighted by atomic mass is 35.5. The smallest absolute Gasteiger partial charge is 0.411 e. The number of aliphatic hydroxyl groups excluding tert-OH is 1. The maximum Gasteiger partial charge on any atom is 0.411 e. The molecule has 2 atom stereocenters. The van der Waals surface area contributed by atoms with Crippen LogP contribution in [0.1, 0.15) is 69.2 Å². The van der Waals surface area contributed by atoms with Crippen molar-refractivity contribution >= 4 is 17.7 Å². The van der Waals surface area contributed by atoms with E-state index < -0.39 is 11.7 Å². The highest BCUT2D eigenvalue weighted by molar-refractivity contribution is 6.31. The maximum absolute atomic E-state index is 13.2. The first kappa shape index (κ1) is 20.6. The summed E-state index contributed by atoms with van der Waals surface area (Å²) >= 11 is 6.41. The second kappa shape index (κ2) is 8.45. The van der Waals surface area contributed by atoms with Gasteiger partial charge in [-0.3, -0.25) is 14.9 Å². The van der Waals surface area contributed by atoms with Crippen LogP contribution in [0.15, 0.2) is 36.5 Å². The monoisotopic (exact) mass is 403 g/mol. The molecule has 7 heteroatoms. The Balaban J connectivity index is 2.04. The third-order valence-corrected chi connectivity index (χ3v) is 4.98. The topological polar surface area (TPSA) is 75.5 Å². The molecule has 150 valence electrons. The van der Waals surface area contributed by atoms with Crippen LogP contribution in [0.2, 0.25) is 5.02 Å². The summed E-state index contributed by atoms with van der Waals surface area (Å²) in [5, 5.41) is 9.99. The standard InChI is InChI=1S/C21H26ClN3O3/c1-21(2,3)28-20(27)25-17(16-9-4-7-14(13-26)24-16)10-5-11-18(25)19-15(22)8-6-12-23-19/h4,6-9,12,17-18,26H,5,10-11,13H2,1-3H3. The molecule has 2 aromatic rings. The van der Waals surface area contributed by atoms with Crippen LogP contribution in [0, 0.1) is 0 Å². The number of rotatable bonds is 3. The van der Waals surface area contributed by atoms with Gasteiger partial charge in [0.15, 0.2) is 0 Å². The van der Waals surface area contributed by atoms with Gasteiger partial charge in [0.1, 0.15) is 5.60 Å². The number of hydrogen-bond donors (Lipinski definition) is 1. The number of likely N-dealkylation sites (tertiary alicyclic amines) is 1. The van der Waals surface area contributed by atoms with E-state index in [0.717, 1.165) is 25.0 Å². The molecule has 6 nitrogen and oxygen atoms in total. The third kappa shape index (κ3) is 4.62. The SMILES string of the molecule is CC(C)(C)OC(=O)N1C(c2cccc(CO)n2)CCCC1c1ncccc1Cl. The first-order valence-electron chi connectivity index (χ1n) is 9.48. The largest absolute Gasteiger partial charge is 0.444 e. The molecule has 0 saturated carbocycles. The number of pyridine rings is 2. The minimum absolute atomic E-state index is 0.150. The van der Waals surface area contributed by atoms with Gasteiger partial charge in [-0.2, -0.15) is 0 Å². The Bertz CT molecular complexity index is 838. The van der Waals surface area contributed by atoms with Crippen LogP contribution in [0.5, 0.6) is 0 Å². The number of hydrogen-bond acceptors (Lipinski definition) is 5. The van der Waals surface area contributed by atoms with Crippen LogP contribution in [-0.2, 0) is 11.3 Å². The van der Waals surface area contributed by atoms with Crippen molar-refractivity contribution in [2.24, 2.45) is 0 Å². The van der Waals surface area contributed by atoms with Crippen LogP contribution in [-0.4, -0.2) is 31.7 Å². The van der Waals surface area contributed by atoms with E-state index in [1.54, 1.807) is 29.3 Å². The molecule has 1 fully saturated rings. The molecule has 0 spiro atoms. The van der Waals surface area contributed by atoms with Crippen molar-refractivity contribution in [2.75, 3.05) is 0 Å².